The predicted molar refractivity (Wildman–Crippen MR) is 122 cm³/mol. The molecule has 0 saturated heterocycles. The second kappa shape index (κ2) is 9.23. The molecule has 0 aromatic heterocycles. The molecule has 0 fully saturated rings. The van der Waals surface area contributed by atoms with Gasteiger partial charge in [-0.3, -0.25) is 14.4 Å². The molecule has 0 heterocycles. The Bertz CT molecular complexity index is 1080. The SMILES string of the molecule is O=C1CCC=C1C(c1ccc(Cl)cc1)C(C(=O)c1ccccc1)C(=O)c1ccccc1. The van der Waals surface area contributed by atoms with Gasteiger partial charge in [-0.1, -0.05) is 90.5 Å². The van der Waals surface area contributed by atoms with Crippen LogP contribution in [-0.2, 0) is 4.79 Å². The monoisotopic (exact) mass is 428 g/mol. The third kappa shape index (κ3) is 4.42. The number of ketones is 3. The Morgan fingerprint density at radius 1 is 0.742 bits per heavy atom. The van der Waals surface area contributed by atoms with Gasteiger partial charge in [0.1, 0.15) is 0 Å². The normalized spacial score (nSPS) is 14.4. The molecule has 0 aliphatic heterocycles. The first kappa shape index (κ1) is 21.0. The molecular formula is C27H21ClO3. The Morgan fingerprint density at radius 2 is 1.26 bits per heavy atom. The minimum atomic E-state index is -1.06. The molecule has 0 bridgehead atoms. The van der Waals surface area contributed by atoms with E-state index in [0.717, 1.165) is 5.56 Å². The van der Waals surface area contributed by atoms with Crippen molar-refractivity contribution >= 4 is 29.0 Å². The summed E-state index contributed by atoms with van der Waals surface area (Å²) in [6.07, 6.45) is 2.88. The lowest BCUT2D eigenvalue weighted by Crippen LogP contribution is -2.33. The van der Waals surface area contributed by atoms with Gasteiger partial charge in [0.05, 0.1) is 5.92 Å². The van der Waals surface area contributed by atoms with E-state index in [1.54, 1.807) is 72.8 Å². The largest absolute Gasteiger partial charge is 0.295 e. The lowest BCUT2D eigenvalue weighted by Gasteiger charge is -2.27. The number of benzene rings is 3. The van der Waals surface area contributed by atoms with E-state index in [1.165, 1.54) is 0 Å². The molecule has 1 aliphatic rings. The van der Waals surface area contributed by atoms with Crippen molar-refractivity contribution in [1.29, 1.82) is 0 Å². The van der Waals surface area contributed by atoms with Gasteiger partial charge < -0.3 is 0 Å². The van der Waals surface area contributed by atoms with Crippen LogP contribution < -0.4 is 0 Å². The number of carbonyl (C=O) groups excluding carboxylic acids is 3. The van der Waals surface area contributed by atoms with Gasteiger partial charge >= 0.3 is 0 Å². The zero-order valence-electron chi connectivity index (χ0n) is 16.8. The van der Waals surface area contributed by atoms with Crippen LogP contribution in [0, 0.1) is 5.92 Å². The number of halogens is 1. The summed E-state index contributed by atoms with van der Waals surface area (Å²) in [4.78, 5) is 40.2. The van der Waals surface area contributed by atoms with Gasteiger partial charge in [-0.05, 0) is 29.7 Å². The lowest BCUT2D eigenvalue weighted by molar-refractivity contribution is -0.115. The quantitative estimate of drug-likeness (QED) is 0.337. The molecule has 0 N–H and O–H groups in total. The maximum absolute atomic E-state index is 13.7. The molecule has 31 heavy (non-hydrogen) atoms. The molecule has 3 nitrogen and oxygen atoms in total. The van der Waals surface area contributed by atoms with Crippen LogP contribution in [0.5, 0.6) is 0 Å². The molecule has 0 saturated carbocycles. The highest BCUT2D eigenvalue weighted by Gasteiger charge is 2.41. The van der Waals surface area contributed by atoms with E-state index in [-0.39, 0.29) is 17.3 Å². The Labute approximate surface area is 186 Å². The van der Waals surface area contributed by atoms with Crippen molar-refractivity contribution in [3.05, 3.63) is 118 Å². The van der Waals surface area contributed by atoms with E-state index in [9.17, 15) is 14.4 Å². The molecule has 0 radical (unpaired) electrons. The number of rotatable bonds is 7. The maximum atomic E-state index is 13.7. The first-order valence-electron chi connectivity index (χ1n) is 10.2. The van der Waals surface area contributed by atoms with Gasteiger partial charge in [0.15, 0.2) is 17.3 Å². The standard InChI is InChI=1S/C27H21ClO3/c28-21-16-14-18(15-17-21)24(22-12-7-13-23(22)29)25(26(30)19-8-3-1-4-9-19)27(31)20-10-5-2-6-11-20/h1-6,8-12,14-17,24-25H,7,13H2. The van der Waals surface area contributed by atoms with Crippen LogP contribution in [0.1, 0.15) is 45.0 Å². The second-order valence-corrected chi connectivity index (χ2v) is 8.03. The molecule has 4 heteroatoms. The highest BCUT2D eigenvalue weighted by molar-refractivity contribution is 6.30. The summed E-state index contributed by atoms with van der Waals surface area (Å²) in [5.41, 5.74) is 2.15. The van der Waals surface area contributed by atoms with Crippen molar-refractivity contribution in [2.24, 2.45) is 5.92 Å². The molecule has 0 amide bonds. The number of carbonyl (C=O) groups is 3. The van der Waals surface area contributed by atoms with Gasteiger partial charge in [-0.2, -0.15) is 0 Å². The van der Waals surface area contributed by atoms with Crippen molar-refractivity contribution < 1.29 is 14.4 Å². The van der Waals surface area contributed by atoms with E-state index in [4.69, 9.17) is 11.6 Å². The van der Waals surface area contributed by atoms with E-state index >= 15 is 0 Å². The third-order valence-corrected chi connectivity index (χ3v) is 5.89. The average Bonchev–Trinajstić information content (AvgIpc) is 3.24. The minimum Gasteiger partial charge on any atom is -0.295 e. The van der Waals surface area contributed by atoms with Crippen LogP contribution in [-0.4, -0.2) is 17.3 Å². The molecule has 0 spiro atoms. The topological polar surface area (TPSA) is 51.2 Å². The highest BCUT2D eigenvalue weighted by atomic mass is 35.5. The van der Waals surface area contributed by atoms with Crippen molar-refractivity contribution in [3.8, 4) is 0 Å². The van der Waals surface area contributed by atoms with Crippen molar-refractivity contribution in [1.82, 2.24) is 0 Å². The fourth-order valence-corrected chi connectivity index (χ4v) is 4.25. The van der Waals surface area contributed by atoms with Gasteiger partial charge in [-0.25, -0.2) is 0 Å². The van der Waals surface area contributed by atoms with Crippen LogP contribution in [0.2, 0.25) is 5.02 Å². The fraction of sp³-hybridized carbons (Fsp3) is 0.148. The minimum absolute atomic E-state index is 0.0216. The number of Topliss-reactive ketones (excluding diaryl/α,β-unsaturated/α-hetero) is 3. The van der Waals surface area contributed by atoms with Crippen LogP contribution >= 0.6 is 11.6 Å². The fourth-order valence-electron chi connectivity index (χ4n) is 4.12. The van der Waals surface area contributed by atoms with Crippen molar-refractivity contribution in [3.63, 3.8) is 0 Å². The van der Waals surface area contributed by atoms with Gasteiger partial charge in [0.2, 0.25) is 0 Å². The van der Waals surface area contributed by atoms with Gasteiger partial charge in [0, 0.05) is 28.5 Å². The lowest BCUT2D eigenvalue weighted by atomic mass is 9.73. The molecule has 1 unspecified atom stereocenters. The summed E-state index contributed by atoms with van der Waals surface area (Å²) >= 11 is 6.09. The average molecular weight is 429 g/mol. The molecule has 1 atom stereocenters. The van der Waals surface area contributed by atoms with Crippen molar-refractivity contribution in [2.75, 3.05) is 0 Å². The molecule has 3 aromatic rings. The Balaban J connectivity index is 1.89. The third-order valence-electron chi connectivity index (χ3n) is 5.64. The van der Waals surface area contributed by atoms with E-state index in [1.807, 2.05) is 18.2 Å². The predicted octanol–water partition coefficient (Wildman–Crippen LogP) is 6.09. The molecule has 4 rings (SSSR count). The van der Waals surface area contributed by atoms with Crippen LogP contribution in [0.3, 0.4) is 0 Å². The summed E-state index contributed by atoms with van der Waals surface area (Å²) in [5.74, 6) is -2.34. The van der Waals surface area contributed by atoms with Gasteiger partial charge in [-0.15, -0.1) is 0 Å². The molecule has 154 valence electrons. The smallest absolute Gasteiger partial charge is 0.174 e. The summed E-state index contributed by atoms with van der Waals surface area (Å²) in [6, 6.07) is 24.6. The Kier molecular flexibility index (Phi) is 6.24. The van der Waals surface area contributed by atoms with E-state index in [0.29, 0.717) is 34.6 Å². The second-order valence-electron chi connectivity index (χ2n) is 7.59. The van der Waals surface area contributed by atoms with E-state index < -0.39 is 11.8 Å². The first-order valence-corrected chi connectivity index (χ1v) is 10.6. The Hall–Kier alpha value is -3.30. The first-order chi connectivity index (χ1) is 15.1. The Morgan fingerprint density at radius 3 is 1.71 bits per heavy atom. The number of hydrogen-bond donors (Lipinski definition) is 0. The molecular weight excluding hydrogens is 408 g/mol. The van der Waals surface area contributed by atoms with Crippen LogP contribution in [0.4, 0.5) is 0 Å². The van der Waals surface area contributed by atoms with E-state index in [2.05, 4.69) is 0 Å². The zero-order valence-corrected chi connectivity index (χ0v) is 17.6. The number of allylic oxidation sites excluding steroid dienone is 2. The number of hydrogen-bond acceptors (Lipinski definition) is 3. The zero-order chi connectivity index (χ0) is 21.8. The van der Waals surface area contributed by atoms with Crippen LogP contribution in [0.25, 0.3) is 0 Å². The molecule has 3 aromatic carbocycles. The van der Waals surface area contributed by atoms with Crippen molar-refractivity contribution in [2.45, 2.75) is 18.8 Å². The molecule has 1 aliphatic carbocycles. The maximum Gasteiger partial charge on any atom is 0.174 e. The summed E-state index contributed by atoms with van der Waals surface area (Å²) in [7, 11) is 0. The van der Waals surface area contributed by atoms with Crippen LogP contribution in [0.15, 0.2) is 96.6 Å². The summed E-state index contributed by atoms with van der Waals surface area (Å²) < 4.78 is 0. The highest BCUT2D eigenvalue weighted by Crippen LogP contribution is 2.40. The summed E-state index contributed by atoms with van der Waals surface area (Å²) in [5, 5.41) is 0.551. The summed E-state index contributed by atoms with van der Waals surface area (Å²) in [6.45, 7) is 0. The van der Waals surface area contributed by atoms with Gasteiger partial charge in [0.25, 0.3) is 0 Å².